The van der Waals surface area contributed by atoms with E-state index in [1.165, 1.54) is 6.33 Å². The van der Waals surface area contributed by atoms with Gasteiger partial charge in [0.15, 0.2) is 0 Å². The predicted octanol–water partition coefficient (Wildman–Crippen LogP) is -0.0800. The van der Waals surface area contributed by atoms with E-state index in [0.29, 0.717) is 12.1 Å². The number of amides is 2. The van der Waals surface area contributed by atoms with Crippen LogP contribution in [0, 0.1) is 0 Å². The number of carbonyl (C=O) groups is 3. The maximum absolute atomic E-state index is 13.0. The van der Waals surface area contributed by atoms with Gasteiger partial charge in [0.05, 0.1) is 19.0 Å². The van der Waals surface area contributed by atoms with Crippen LogP contribution in [-0.4, -0.2) is 57.5 Å². The Labute approximate surface area is 177 Å². The van der Waals surface area contributed by atoms with Gasteiger partial charge in [-0.25, -0.2) is 9.78 Å². The lowest BCUT2D eigenvalue weighted by atomic mass is 10.0. The van der Waals surface area contributed by atoms with Crippen LogP contribution in [0.1, 0.15) is 17.7 Å². The zero-order valence-corrected chi connectivity index (χ0v) is 16.8. The van der Waals surface area contributed by atoms with Crippen LogP contribution < -0.4 is 16.4 Å². The third-order valence-electron chi connectivity index (χ3n) is 5.32. The maximum atomic E-state index is 13.0. The molecule has 3 heterocycles. The van der Waals surface area contributed by atoms with Crippen LogP contribution in [0.25, 0.3) is 10.9 Å². The molecule has 2 amide bonds. The molecule has 3 aromatic rings. The maximum Gasteiger partial charge on any atom is 0.328 e. The van der Waals surface area contributed by atoms with Gasteiger partial charge in [-0.3, -0.25) is 9.59 Å². The Hall–Kier alpha value is -3.66. The highest BCUT2D eigenvalue weighted by Gasteiger charge is 2.32. The number of carbonyl (C=O) groups excluding carboxylic acids is 3. The van der Waals surface area contributed by atoms with Crippen molar-refractivity contribution in [3.05, 3.63) is 54.2 Å². The highest BCUT2D eigenvalue weighted by Crippen LogP contribution is 2.19. The van der Waals surface area contributed by atoms with Crippen LogP contribution in [0.2, 0.25) is 0 Å². The van der Waals surface area contributed by atoms with Gasteiger partial charge in [0.1, 0.15) is 12.1 Å². The number of aromatic nitrogens is 3. The van der Waals surface area contributed by atoms with E-state index in [1.54, 1.807) is 6.20 Å². The number of fused-ring (bicyclic) bond motifs is 1. The van der Waals surface area contributed by atoms with Gasteiger partial charge in [0.25, 0.3) is 0 Å². The number of para-hydroxylation sites is 1. The van der Waals surface area contributed by atoms with Crippen molar-refractivity contribution in [1.29, 1.82) is 0 Å². The molecule has 0 unspecified atom stereocenters. The minimum Gasteiger partial charge on any atom is -0.464 e. The van der Waals surface area contributed by atoms with E-state index in [-0.39, 0.29) is 19.4 Å². The summed E-state index contributed by atoms with van der Waals surface area (Å²) in [4.78, 5) is 47.5. The first-order valence-electron chi connectivity index (χ1n) is 10.1. The summed E-state index contributed by atoms with van der Waals surface area (Å²) in [6.07, 6.45) is 5.80. The van der Waals surface area contributed by atoms with Gasteiger partial charge >= 0.3 is 5.97 Å². The first kappa shape index (κ1) is 20.6. The molecule has 1 aliphatic rings. The Morgan fingerprint density at radius 3 is 2.81 bits per heavy atom. The number of nitrogens with two attached hydrogens (primary N) is 1. The molecule has 1 fully saturated rings. The predicted molar refractivity (Wildman–Crippen MR) is 112 cm³/mol. The van der Waals surface area contributed by atoms with Gasteiger partial charge < -0.3 is 31.1 Å². The zero-order valence-electron chi connectivity index (χ0n) is 16.8. The van der Waals surface area contributed by atoms with Gasteiger partial charge in [0, 0.05) is 48.3 Å². The fourth-order valence-corrected chi connectivity index (χ4v) is 3.63. The second kappa shape index (κ2) is 9.00. The van der Waals surface area contributed by atoms with Crippen molar-refractivity contribution in [2.45, 2.75) is 37.4 Å². The van der Waals surface area contributed by atoms with Gasteiger partial charge in [0.2, 0.25) is 11.8 Å². The van der Waals surface area contributed by atoms with Crippen molar-refractivity contribution in [2.75, 3.05) is 6.61 Å². The quantitative estimate of drug-likeness (QED) is 0.319. The van der Waals surface area contributed by atoms with Crippen molar-refractivity contribution < 1.29 is 19.1 Å². The molecule has 1 aliphatic heterocycles. The molecular weight excluding hydrogens is 400 g/mol. The fraction of sp³-hybridized carbons (Fsp3) is 0.333. The number of hydrogen-bond acceptors (Lipinski definition) is 6. The first-order chi connectivity index (χ1) is 15.0. The van der Waals surface area contributed by atoms with Crippen LogP contribution >= 0.6 is 0 Å². The van der Waals surface area contributed by atoms with Gasteiger partial charge in [-0.05, 0) is 11.6 Å². The second-order valence-electron chi connectivity index (χ2n) is 7.53. The van der Waals surface area contributed by atoms with Gasteiger partial charge in [-0.15, -0.1) is 0 Å². The molecular formula is C21H24N6O4. The largest absolute Gasteiger partial charge is 0.464 e. The smallest absolute Gasteiger partial charge is 0.328 e. The average Bonchev–Trinajstić information content (AvgIpc) is 3.50. The van der Waals surface area contributed by atoms with Crippen molar-refractivity contribution >= 4 is 28.7 Å². The first-order valence-corrected chi connectivity index (χ1v) is 10.1. The minimum atomic E-state index is -0.909. The van der Waals surface area contributed by atoms with E-state index < -0.39 is 35.9 Å². The summed E-state index contributed by atoms with van der Waals surface area (Å²) in [7, 11) is 0. The molecule has 0 bridgehead atoms. The number of ether oxygens (including phenoxy) is 1. The summed E-state index contributed by atoms with van der Waals surface area (Å²) in [5.74, 6) is -1.40. The number of cyclic esters (lactones) is 1. The molecule has 0 saturated carbocycles. The molecule has 4 rings (SSSR count). The number of hydrogen-bond donors (Lipinski definition) is 5. The molecule has 162 valence electrons. The van der Waals surface area contributed by atoms with Gasteiger partial charge in [-0.1, -0.05) is 18.2 Å². The second-order valence-corrected chi connectivity index (χ2v) is 7.53. The molecule has 10 nitrogen and oxygen atoms in total. The average molecular weight is 424 g/mol. The lowest BCUT2D eigenvalue weighted by Crippen LogP contribution is -2.55. The number of aromatic amines is 2. The number of imidazole rings is 1. The highest BCUT2D eigenvalue weighted by molar-refractivity contribution is 5.93. The summed E-state index contributed by atoms with van der Waals surface area (Å²) in [5, 5.41) is 6.38. The van der Waals surface area contributed by atoms with Crippen LogP contribution in [0.15, 0.2) is 43.0 Å². The standard InChI is InChI=1S/C21H24N6O4/c22-15(8-13-10-23-11-25-13)19(28)27-18(20(29)26-17-5-6-31-21(17)30)7-12-9-24-16-4-2-1-3-14(12)16/h1-4,9-11,15,17-18,24H,5-8,22H2,(H,23,25)(H,26,29)(H,27,28)/t15-,17-,18-/m0/s1. The molecule has 2 aromatic heterocycles. The van der Waals surface area contributed by atoms with E-state index >= 15 is 0 Å². The van der Waals surface area contributed by atoms with Crippen LogP contribution in [0.3, 0.4) is 0 Å². The summed E-state index contributed by atoms with van der Waals surface area (Å²) in [5.41, 5.74) is 8.55. The Morgan fingerprint density at radius 1 is 1.23 bits per heavy atom. The molecule has 31 heavy (non-hydrogen) atoms. The Morgan fingerprint density at radius 2 is 2.06 bits per heavy atom. The normalized spacial score (nSPS) is 17.8. The summed E-state index contributed by atoms with van der Waals surface area (Å²) >= 11 is 0. The zero-order chi connectivity index (χ0) is 21.8. The number of nitrogens with one attached hydrogen (secondary N) is 4. The van der Waals surface area contributed by atoms with Crippen LogP contribution in [-0.2, 0) is 32.0 Å². The summed E-state index contributed by atoms with van der Waals surface area (Å²) < 4.78 is 4.91. The van der Waals surface area contributed by atoms with Crippen LogP contribution in [0.4, 0.5) is 0 Å². The highest BCUT2D eigenvalue weighted by atomic mass is 16.5. The number of esters is 1. The van der Waals surface area contributed by atoms with E-state index in [2.05, 4.69) is 25.6 Å². The van der Waals surface area contributed by atoms with Crippen molar-refractivity contribution in [1.82, 2.24) is 25.6 Å². The molecule has 6 N–H and O–H groups in total. The monoisotopic (exact) mass is 424 g/mol. The minimum absolute atomic E-state index is 0.236. The molecule has 10 heteroatoms. The lowest BCUT2D eigenvalue weighted by molar-refractivity contribution is -0.141. The van der Waals surface area contributed by atoms with Gasteiger partial charge in [-0.2, -0.15) is 0 Å². The Balaban J connectivity index is 1.50. The summed E-state index contributed by atoms with van der Waals surface area (Å²) in [6, 6.07) is 5.20. The Kier molecular flexibility index (Phi) is 5.99. The SMILES string of the molecule is N[C@@H](Cc1cnc[nH]1)C(=O)N[C@@H](Cc1c[nH]c2ccccc12)C(=O)N[C@H]1CCOC1=O. The lowest BCUT2D eigenvalue weighted by Gasteiger charge is -2.21. The number of rotatable bonds is 8. The van der Waals surface area contributed by atoms with E-state index in [4.69, 9.17) is 10.5 Å². The topological polar surface area (TPSA) is 155 Å². The van der Waals surface area contributed by atoms with Crippen molar-refractivity contribution in [2.24, 2.45) is 5.73 Å². The molecule has 3 atom stereocenters. The summed E-state index contributed by atoms with van der Waals surface area (Å²) in [6.45, 7) is 0.262. The van der Waals surface area contributed by atoms with E-state index in [0.717, 1.165) is 16.5 Å². The number of nitrogens with zero attached hydrogens (tertiary/aromatic N) is 1. The molecule has 1 aromatic carbocycles. The molecule has 0 radical (unpaired) electrons. The van der Waals surface area contributed by atoms with Crippen LogP contribution in [0.5, 0.6) is 0 Å². The third-order valence-corrected chi connectivity index (χ3v) is 5.32. The Bertz CT molecular complexity index is 1080. The molecule has 0 spiro atoms. The van der Waals surface area contributed by atoms with Crippen molar-refractivity contribution in [3.63, 3.8) is 0 Å². The molecule has 1 saturated heterocycles. The molecule has 0 aliphatic carbocycles. The van der Waals surface area contributed by atoms with E-state index in [1.807, 2.05) is 30.5 Å². The number of benzene rings is 1. The third kappa shape index (κ3) is 4.75. The van der Waals surface area contributed by atoms with Crippen molar-refractivity contribution in [3.8, 4) is 0 Å². The fourth-order valence-electron chi connectivity index (χ4n) is 3.63. The number of H-pyrrole nitrogens is 2. The van der Waals surface area contributed by atoms with E-state index in [9.17, 15) is 14.4 Å².